The number of hydrogen-bond acceptors (Lipinski definition) is 6. The van der Waals surface area contributed by atoms with Crippen molar-refractivity contribution in [1.29, 1.82) is 5.26 Å². The second-order valence-electron chi connectivity index (χ2n) is 3.66. The minimum atomic E-state index is 0.619. The van der Waals surface area contributed by atoms with Gasteiger partial charge in [-0.15, -0.1) is 0 Å². The molecule has 1 aliphatic heterocycles. The lowest BCUT2D eigenvalue weighted by atomic mass is 10.3. The van der Waals surface area contributed by atoms with Crippen LogP contribution in [-0.4, -0.2) is 49.5 Å². The maximum Gasteiger partial charge on any atom is 0.209 e. The van der Waals surface area contributed by atoms with E-state index in [1.165, 1.54) is 11.3 Å². The van der Waals surface area contributed by atoms with Crippen LogP contribution in [0, 0.1) is 11.3 Å². The standard InChI is InChI=1S/C10H13N5OS/c1-12-10-13-9(8(6-11)17-10)15-4-2-14(7-16)3-5-15/h7H,2-5H2,1H3,(H,12,13). The highest BCUT2D eigenvalue weighted by Crippen LogP contribution is 2.29. The quantitative estimate of drug-likeness (QED) is 0.784. The van der Waals surface area contributed by atoms with Crippen LogP contribution in [0.15, 0.2) is 0 Å². The number of nitriles is 1. The number of hydrogen-bond donors (Lipinski definition) is 1. The highest BCUT2D eigenvalue weighted by molar-refractivity contribution is 7.16. The van der Waals surface area contributed by atoms with Crippen molar-refractivity contribution >= 4 is 28.7 Å². The maximum absolute atomic E-state index is 10.6. The summed E-state index contributed by atoms with van der Waals surface area (Å²) < 4.78 is 0. The topological polar surface area (TPSA) is 72.3 Å². The Bertz CT molecular complexity index is 444. The van der Waals surface area contributed by atoms with Crippen LogP contribution in [0.1, 0.15) is 4.88 Å². The van der Waals surface area contributed by atoms with Crippen LogP contribution in [0.3, 0.4) is 0 Å². The van der Waals surface area contributed by atoms with Crippen molar-refractivity contribution in [3.63, 3.8) is 0 Å². The van der Waals surface area contributed by atoms with Crippen molar-refractivity contribution in [2.45, 2.75) is 0 Å². The van der Waals surface area contributed by atoms with Gasteiger partial charge >= 0.3 is 0 Å². The fourth-order valence-corrected chi connectivity index (χ4v) is 2.48. The summed E-state index contributed by atoms with van der Waals surface area (Å²) in [5, 5.41) is 12.7. The van der Waals surface area contributed by atoms with Gasteiger partial charge in [-0.05, 0) is 0 Å². The molecule has 1 fully saturated rings. The van der Waals surface area contributed by atoms with Crippen molar-refractivity contribution in [3.05, 3.63) is 4.88 Å². The lowest BCUT2D eigenvalue weighted by Crippen LogP contribution is -2.46. The number of thiazole rings is 1. The van der Waals surface area contributed by atoms with Crippen LogP contribution in [0.25, 0.3) is 0 Å². The number of anilines is 2. The smallest absolute Gasteiger partial charge is 0.209 e. The highest BCUT2D eigenvalue weighted by Gasteiger charge is 2.21. The minimum Gasteiger partial charge on any atom is -0.364 e. The predicted molar refractivity (Wildman–Crippen MR) is 66.2 cm³/mol. The number of nitrogens with one attached hydrogen (secondary N) is 1. The third-order valence-electron chi connectivity index (χ3n) is 2.69. The lowest BCUT2D eigenvalue weighted by Gasteiger charge is -2.32. The molecule has 7 heteroatoms. The number of carbonyl (C=O) groups excluding carboxylic acids is 1. The van der Waals surface area contributed by atoms with Gasteiger partial charge in [0.15, 0.2) is 15.8 Å². The predicted octanol–water partition coefficient (Wildman–Crippen LogP) is 0.335. The molecule has 0 aromatic carbocycles. The van der Waals surface area contributed by atoms with Crippen LogP contribution in [0.4, 0.5) is 10.9 Å². The van der Waals surface area contributed by atoms with E-state index in [9.17, 15) is 4.79 Å². The maximum atomic E-state index is 10.6. The molecule has 0 aliphatic carbocycles. The molecule has 0 saturated carbocycles. The molecule has 1 N–H and O–H groups in total. The molecule has 1 aliphatic rings. The fraction of sp³-hybridized carbons (Fsp3) is 0.500. The van der Waals surface area contributed by atoms with E-state index in [0.717, 1.165) is 30.4 Å². The van der Waals surface area contributed by atoms with Gasteiger partial charge in [0.1, 0.15) is 6.07 Å². The SMILES string of the molecule is CNc1nc(N2CCN(C=O)CC2)c(C#N)s1. The normalized spacial score (nSPS) is 15.5. The Kier molecular flexibility index (Phi) is 3.44. The van der Waals surface area contributed by atoms with Crippen LogP contribution in [0.5, 0.6) is 0 Å². The zero-order valence-corrected chi connectivity index (χ0v) is 10.3. The first kappa shape index (κ1) is 11.7. The Labute approximate surface area is 103 Å². The summed E-state index contributed by atoms with van der Waals surface area (Å²) in [6.45, 7) is 2.81. The van der Waals surface area contributed by atoms with Gasteiger partial charge in [0, 0.05) is 33.2 Å². The Balaban J connectivity index is 2.15. The molecule has 2 rings (SSSR count). The van der Waals surface area contributed by atoms with E-state index in [2.05, 4.69) is 21.3 Å². The third-order valence-corrected chi connectivity index (χ3v) is 3.65. The third kappa shape index (κ3) is 2.31. The van der Waals surface area contributed by atoms with Crippen LogP contribution in [-0.2, 0) is 4.79 Å². The summed E-state index contributed by atoms with van der Waals surface area (Å²) in [6.07, 6.45) is 0.864. The van der Waals surface area contributed by atoms with Crippen molar-refractivity contribution in [2.24, 2.45) is 0 Å². The molecular formula is C10H13N5OS. The van der Waals surface area contributed by atoms with Gasteiger partial charge in [0.05, 0.1) is 0 Å². The average Bonchev–Trinajstić information content (AvgIpc) is 2.82. The monoisotopic (exact) mass is 251 g/mol. The van der Waals surface area contributed by atoms with E-state index in [1.54, 1.807) is 11.9 Å². The van der Waals surface area contributed by atoms with Gasteiger partial charge in [-0.1, -0.05) is 11.3 Å². The van der Waals surface area contributed by atoms with Crippen molar-refractivity contribution in [1.82, 2.24) is 9.88 Å². The summed E-state index contributed by atoms with van der Waals surface area (Å²) in [4.78, 5) is 19.4. The van der Waals surface area contributed by atoms with Gasteiger partial charge in [0.2, 0.25) is 6.41 Å². The Morgan fingerprint density at radius 2 is 2.18 bits per heavy atom. The van der Waals surface area contributed by atoms with E-state index < -0.39 is 0 Å². The first-order valence-corrected chi connectivity index (χ1v) is 6.13. The van der Waals surface area contributed by atoms with Crippen molar-refractivity contribution in [3.8, 4) is 6.07 Å². The Morgan fingerprint density at radius 3 is 2.71 bits per heavy atom. The lowest BCUT2D eigenvalue weighted by molar-refractivity contribution is -0.118. The second-order valence-corrected chi connectivity index (χ2v) is 4.66. The van der Waals surface area contributed by atoms with Gasteiger partial charge in [0.25, 0.3) is 0 Å². The minimum absolute atomic E-state index is 0.619. The largest absolute Gasteiger partial charge is 0.364 e. The zero-order chi connectivity index (χ0) is 12.3. The number of amides is 1. The molecule has 2 heterocycles. The van der Waals surface area contributed by atoms with E-state index in [-0.39, 0.29) is 0 Å². The summed E-state index contributed by atoms with van der Waals surface area (Å²) >= 11 is 1.35. The summed E-state index contributed by atoms with van der Waals surface area (Å²) in [7, 11) is 1.79. The molecule has 0 atom stereocenters. The zero-order valence-electron chi connectivity index (χ0n) is 9.51. The number of piperazine rings is 1. The fourth-order valence-electron chi connectivity index (χ4n) is 1.75. The Hall–Kier alpha value is -1.81. The number of carbonyl (C=O) groups is 1. The number of rotatable bonds is 3. The highest BCUT2D eigenvalue weighted by atomic mass is 32.1. The Morgan fingerprint density at radius 1 is 1.47 bits per heavy atom. The molecule has 1 amide bonds. The van der Waals surface area contributed by atoms with Crippen molar-refractivity contribution < 1.29 is 4.79 Å². The van der Waals surface area contributed by atoms with Gasteiger partial charge in [-0.2, -0.15) is 5.26 Å². The molecule has 17 heavy (non-hydrogen) atoms. The number of nitrogens with zero attached hydrogens (tertiary/aromatic N) is 4. The molecule has 6 nitrogen and oxygen atoms in total. The average molecular weight is 251 g/mol. The first-order chi connectivity index (χ1) is 8.28. The molecule has 0 spiro atoms. The van der Waals surface area contributed by atoms with Gasteiger partial charge < -0.3 is 15.1 Å². The van der Waals surface area contributed by atoms with Crippen LogP contribution in [0.2, 0.25) is 0 Å². The van der Waals surface area contributed by atoms with E-state index in [4.69, 9.17) is 5.26 Å². The molecule has 1 aromatic rings. The molecule has 0 bridgehead atoms. The summed E-state index contributed by atoms with van der Waals surface area (Å²) in [5.41, 5.74) is 0. The molecule has 90 valence electrons. The number of aromatic nitrogens is 1. The first-order valence-electron chi connectivity index (χ1n) is 5.31. The molecule has 1 aromatic heterocycles. The molecule has 0 radical (unpaired) electrons. The second kappa shape index (κ2) is 5.01. The van der Waals surface area contributed by atoms with Gasteiger partial charge in [-0.3, -0.25) is 4.79 Å². The molecular weight excluding hydrogens is 238 g/mol. The van der Waals surface area contributed by atoms with E-state index in [0.29, 0.717) is 18.0 Å². The van der Waals surface area contributed by atoms with Gasteiger partial charge in [-0.25, -0.2) is 4.98 Å². The molecule has 0 unspecified atom stereocenters. The van der Waals surface area contributed by atoms with Crippen molar-refractivity contribution in [2.75, 3.05) is 43.4 Å². The van der Waals surface area contributed by atoms with E-state index in [1.807, 2.05) is 0 Å². The van der Waals surface area contributed by atoms with E-state index >= 15 is 0 Å². The summed E-state index contributed by atoms with van der Waals surface area (Å²) in [5.74, 6) is 0.729. The van der Waals surface area contributed by atoms with Crippen LogP contribution < -0.4 is 10.2 Å². The molecule has 1 saturated heterocycles. The van der Waals surface area contributed by atoms with Crippen LogP contribution >= 0.6 is 11.3 Å². The summed E-state index contributed by atoms with van der Waals surface area (Å²) in [6, 6.07) is 2.16.